The van der Waals surface area contributed by atoms with Crippen LogP contribution in [0.4, 0.5) is 13.2 Å². The molecule has 7 nitrogen and oxygen atoms in total. The molecule has 1 aromatic heterocycles. The molecule has 1 aliphatic heterocycles. The van der Waals surface area contributed by atoms with Crippen LogP contribution in [-0.4, -0.2) is 67.5 Å². The molecule has 2 heterocycles. The third-order valence-electron chi connectivity index (χ3n) is 4.28. The first-order valence-corrected chi connectivity index (χ1v) is 10.1. The van der Waals surface area contributed by atoms with Gasteiger partial charge in [-0.25, -0.2) is 13.4 Å². The number of piperazine rings is 1. The lowest BCUT2D eigenvalue weighted by Gasteiger charge is -2.34. The molecule has 3 rings (SSSR count). The second-order valence-corrected chi connectivity index (χ2v) is 8.21. The number of ether oxygens (including phenoxy) is 1. The highest BCUT2D eigenvalue weighted by Crippen LogP contribution is 2.23. The van der Waals surface area contributed by atoms with E-state index in [0.29, 0.717) is 0 Å². The number of hydrogen-bond acceptors (Lipinski definition) is 5. The van der Waals surface area contributed by atoms with E-state index >= 15 is 0 Å². The topological polar surface area (TPSA) is 79.8 Å². The number of carbonyl (C=O) groups excluding carboxylic acids is 1. The summed E-state index contributed by atoms with van der Waals surface area (Å²) < 4.78 is 68.5. The molecular weight excluding hydrogens is 411 g/mol. The highest BCUT2D eigenvalue weighted by atomic mass is 32.2. The van der Waals surface area contributed by atoms with Gasteiger partial charge in [-0.3, -0.25) is 4.79 Å². The lowest BCUT2D eigenvalue weighted by Crippen LogP contribution is -2.50. The lowest BCUT2D eigenvalue weighted by atomic mass is 10.2. The number of amides is 1. The third kappa shape index (κ3) is 5.04. The van der Waals surface area contributed by atoms with Crippen molar-refractivity contribution in [3.63, 3.8) is 0 Å². The molecule has 156 valence electrons. The van der Waals surface area contributed by atoms with Crippen LogP contribution in [0.1, 0.15) is 10.4 Å². The summed E-state index contributed by atoms with van der Waals surface area (Å²) in [6, 6.07) is 10.7. The minimum Gasteiger partial charge on any atom is -0.467 e. The average Bonchev–Trinajstić information content (AvgIpc) is 2.72. The number of halogens is 3. The van der Waals surface area contributed by atoms with Gasteiger partial charge in [0.1, 0.15) is 5.56 Å². The fraction of sp³-hybridized carbons (Fsp3) is 0.333. The SMILES string of the molecule is O=C(c1cccnc1OCC(F)(F)F)N1CCN(S(=O)(=O)c2ccccc2)CC1. The van der Waals surface area contributed by atoms with Gasteiger partial charge in [0.15, 0.2) is 6.61 Å². The van der Waals surface area contributed by atoms with Gasteiger partial charge in [-0.15, -0.1) is 0 Å². The van der Waals surface area contributed by atoms with Crippen molar-refractivity contribution in [3.8, 4) is 5.88 Å². The lowest BCUT2D eigenvalue weighted by molar-refractivity contribution is -0.154. The van der Waals surface area contributed by atoms with Crippen LogP contribution in [-0.2, 0) is 10.0 Å². The molecule has 0 bridgehead atoms. The van der Waals surface area contributed by atoms with Crippen molar-refractivity contribution >= 4 is 15.9 Å². The van der Waals surface area contributed by atoms with Gasteiger partial charge in [0.05, 0.1) is 4.90 Å². The van der Waals surface area contributed by atoms with Gasteiger partial charge >= 0.3 is 6.18 Å². The Hall–Kier alpha value is -2.66. The van der Waals surface area contributed by atoms with Gasteiger partial charge in [0.25, 0.3) is 5.91 Å². The van der Waals surface area contributed by atoms with Gasteiger partial charge in [-0.2, -0.15) is 17.5 Å². The molecule has 1 amide bonds. The van der Waals surface area contributed by atoms with E-state index in [1.165, 1.54) is 39.7 Å². The molecule has 1 aromatic carbocycles. The Balaban J connectivity index is 1.68. The highest BCUT2D eigenvalue weighted by molar-refractivity contribution is 7.89. The summed E-state index contributed by atoms with van der Waals surface area (Å²) >= 11 is 0. The summed E-state index contributed by atoms with van der Waals surface area (Å²) in [5.41, 5.74) is -0.101. The van der Waals surface area contributed by atoms with E-state index < -0.39 is 34.6 Å². The monoisotopic (exact) mass is 429 g/mol. The zero-order valence-corrected chi connectivity index (χ0v) is 16.0. The van der Waals surface area contributed by atoms with Crippen molar-refractivity contribution in [1.29, 1.82) is 0 Å². The summed E-state index contributed by atoms with van der Waals surface area (Å²) in [4.78, 5) is 18.0. The first kappa shape index (κ1) is 21.1. The van der Waals surface area contributed by atoms with Crippen LogP contribution in [0.2, 0.25) is 0 Å². The van der Waals surface area contributed by atoms with Crippen LogP contribution in [0.3, 0.4) is 0 Å². The van der Waals surface area contributed by atoms with Crippen LogP contribution in [0.15, 0.2) is 53.6 Å². The number of nitrogens with zero attached hydrogens (tertiary/aromatic N) is 3. The van der Waals surface area contributed by atoms with Crippen LogP contribution >= 0.6 is 0 Å². The number of alkyl halides is 3. The van der Waals surface area contributed by atoms with Gasteiger partial charge in [0.2, 0.25) is 15.9 Å². The Labute approximate surface area is 165 Å². The predicted molar refractivity (Wildman–Crippen MR) is 96.9 cm³/mol. The minimum absolute atomic E-state index is 0.0714. The summed E-state index contributed by atoms with van der Waals surface area (Å²) in [6.07, 6.45) is -3.33. The molecule has 1 fully saturated rings. The second kappa shape index (κ2) is 8.37. The number of sulfonamides is 1. The molecule has 1 aliphatic rings. The molecule has 0 atom stereocenters. The highest BCUT2D eigenvalue weighted by Gasteiger charge is 2.33. The maximum absolute atomic E-state index is 12.7. The van der Waals surface area contributed by atoms with E-state index in [1.54, 1.807) is 18.2 Å². The summed E-state index contributed by atoms with van der Waals surface area (Å²) in [7, 11) is -3.68. The maximum Gasteiger partial charge on any atom is 0.422 e. The van der Waals surface area contributed by atoms with Crippen molar-refractivity contribution in [1.82, 2.24) is 14.2 Å². The fourth-order valence-electron chi connectivity index (χ4n) is 2.86. The number of pyridine rings is 1. The van der Waals surface area contributed by atoms with E-state index in [9.17, 15) is 26.4 Å². The van der Waals surface area contributed by atoms with E-state index in [1.807, 2.05) is 0 Å². The molecule has 0 aliphatic carbocycles. The first-order chi connectivity index (χ1) is 13.7. The molecule has 11 heteroatoms. The number of hydrogen-bond donors (Lipinski definition) is 0. The van der Waals surface area contributed by atoms with E-state index in [-0.39, 0.29) is 36.6 Å². The number of rotatable bonds is 5. The molecule has 29 heavy (non-hydrogen) atoms. The number of benzene rings is 1. The Morgan fingerprint density at radius 2 is 1.69 bits per heavy atom. The van der Waals surface area contributed by atoms with Crippen molar-refractivity contribution in [2.45, 2.75) is 11.1 Å². The van der Waals surface area contributed by atoms with Crippen LogP contribution in [0.25, 0.3) is 0 Å². The minimum atomic E-state index is -4.56. The van der Waals surface area contributed by atoms with Crippen molar-refractivity contribution in [2.24, 2.45) is 0 Å². The summed E-state index contributed by atoms with van der Waals surface area (Å²) in [5.74, 6) is -0.971. The molecule has 0 saturated carbocycles. The van der Waals surface area contributed by atoms with E-state index in [2.05, 4.69) is 9.72 Å². The molecule has 0 unspecified atom stereocenters. The zero-order valence-electron chi connectivity index (χ0n) is 15.2. The van der Waals surface area contributed by atoms with Gasteiger partial charge < -0.3 is 9.64 Å². The van der Waals surface area contributed by atoms with Gasteiger partial charge in [0, 0.05) is 32.4 Å². The van der Waals surface area contributed by atoms with Crippen molar-refractivity contribution in [2.75, 3.05) is 32.8 Å². The largest absolute Gasteiger partial charge is 0.467 e. The van der Waals surface area contributed by atoms with Gasteiger partial charge in [-0.1, -0.05) is 18.2 Å². The standard InChI is InChI=1S/C18H18F3N3O4S/c19-18(20,21)13-28-16-15(7-4-8-22-16)17(25)23-9-11-24(12-10-23)29(26,27)14-5-2-1-3-6-14/h1-8H,9-13H2. The van der Waals surface area contributed by atoms with Crippen LogP contribution < -0.4 is 4.74 Å². The molecule has 0 radical (unpaired) electrons. The molecule has 1 saturated heterocycles. The fourth-order valence-corrected chi connectivity index (χ4v) is 4.31. The Kier molecular flexibility index (Phi) is 6.08. The molecule has 0 spiro atoms. The Morgan fingerprint density at radius 3 is 2.31 bits per heavy atom. The smallest absolute Gasteiger partial charge is 0.422 e. The zero-order chi connectivity index (χ0) is 21.1. The second-order valence-electron chi connectivity index (χ2n) is 6.27. The third-order valence-corrected chi connectivity index (χ3v) is 6.19. The predicted octanol–water partition coefficient (Wildman–Crippen LogP) is 2.17. The first-order valence-electron chi connectivity index (χ1n) is 8.67. The van der Waals surface area contributed by atoms with Crippen molar-refractivity contribution in [3.05, 3.63) is 54.2 Å². The average molecular weight is 429 g/mol. The van der Waals surface area contributed by atoms with E-state index in [4.69, 9.17) is 0 Å². The summed E-state index contributed by atoms with van der Waals surface area (Å²) in [5, 5.41) is 0. The maximum atomic E-state index is 12.7. The summed E-state index contributed by atoms with van der Waals surface area (Å²) in [6.45, 7) is -1.23. The van der Waals surface area contributed by atoms with E-state index in [0.717, 1.165) is 0 Å². The van der Waals surface area contributed by atoms with Crippen LogP contribution in [0, 0.1) is 0 Å². The number of aromatic nitrogens is 1. The van der Waals surface area contributed by atoms with Gasteiger partial charge in [-0.05, 0) is 24.3 Å². The molecular formula is C18H18F3N3O4S. The normalized spacial score (nSPS) is 15.9. The Morgan fingerprint density at radius 1 is 1.03 bits per heavy atom. The molecule has 0 N–H and O–H groups in total. The molecule has 2 aromatic rings. The Bertz CT molecular complexity index is 960. The van der Waals surface area contributed by atoms with Crippen LogP contribution in [0.5, 0.6) is 5.88 Å². The quantitative estimate of drug-likeness (QED) is 0.728. The number of carbonyl (C=O) groups is 1. The van der Waals surface area contributed by atoms with Crippen molar-refractivity contribution < 1.29 is 31.1 Å².